The molecular weight excluding hydrogens is 367 g/mol. The molecule has 0 amide bonds. The van der Waals surface area contributed by atoms with E-state index in [1.165, 1.54) is 12.8 Å². The third kappa shape index (κ3) is 7.64. The van der Waals surface area contributed by atoms with Crippen molar-refractivity contribution in [2.45, 2.75) is 38.8 Å². The van der Waals surface area contributed by atoms with Gasteiger partial charge in [-0.3, -0.25) is 4.99 Å². The SMILES string of the molecule is CCNC(=NCC(C1CC1)N(C)C)NC(C)COC.I. The lowest BCUT2D eigenvalue weighted by molar-refractivity contribution is 0.179. The van der Waals surface area contributed by atoms with Gasteiger partial charge in [-0.2, -0.15) is 0 Å². The minimum Gasteiger partial charge on any atom is -0.383 e. The Morgan fingerprint density at radius 2 is 2.05 bits per heavy atom. The summed E-state index contributed by atoms with van der Waals surface area (Å²) < 4.78 is 5.14. The molecule has 2 unspecified atom stereocenters. The van der Waals surface area contributed by atoms with Gasteiger partial charge in [-0.1, -0.05) is 0 Å². The fourth-order valence-electron chi connectivity index (χ4n) is 2.24. The van der Waals surface area contributed by atoms with Gasteiger partial charge in [0.1, 0.15) is 0 Å². The zero-order chi connectivity index (χ0) is 14.3. The van der Waals surface area contributed by atoms with Crippen molar-refractivity contribution in [3.05, 3.63) is 0 Å². The molecule has 1 saturated carbocycles. The van der Waals surface area contributed by atoms with Gasteiger partial charge in [-0.15, -0.1) is 24.0 Å². The minimum atomic E-state index is 0. The normalized spacial score (nSPS) is 18.4. The topological polar surface area (TPSA) is 48.9 Å². The van der Waals surface area contributed by atoms with E-state index < -0.39 is 0 Å². The number of rotatable bonds is 8. The van der Waals surface area contributed by atoms with Gasteiger partial charge in [0.05, 0.1) is 13.2 Å². The lowest BCUT2D eigenvalue weighted by Gasteiger charge is -2.23. The molecule has 6 heteroatoms. The molecule has 20 heavy (non-hydrogen) atoms. The Morgan fingerprint density at radius 1 is 1.40 bits per heavy atom. The van der Waals surface area contributed by atoms with Crippen LogP contribution < -0.4 is 10.6 Å². The minimum absolute atomic E-state index is 0. The largest absolute Gasteiger partial charge is 0.383 e. The van der Waals surface area contributed by atoms with Gasteiger partial charge in [0.2, 0.25) is 0 Å². The van der Waals surface area contributed by atoms with Crippen LogP contribution in [0.1, 0.15) is 26.7 Å². The third-order valence-corrected chi connectivity index (χ3v) is 3.41. The molecule has 0 aliphatic heterocycles. The van der Waals surface area contributed by atoms with Gasteiger partial charge in [0, 0.05) is 25.7 Å². The molecule has 0 aromatic rings. The van der Waals surface area contributed by atoms with E-state index in [0.717, 1.165) is 25.0 Å². The quantitative estimate of drug-likeness (QED) is 0.370. The molecule has 5 nitrogen and oxygen atoms in total. The summed E-state index contributed by atoms with van der Waals surface area (Å²) in [5.74, 6) is 1.72. The van der Waals surface area contributed by atoms with Crippen molar-refractivity contribution in [1.82, 2.24) is 15.5 Å². The van der Waals surface area contributed by atoms with Gasteiger partial charge in [-0.05, 0) is 46.7 Å². The number of nitrogens with one attached hydrogen (secondary N) is 2. The summed E-state index contributed by atoms with van der Waals surface area (Å²) in [5.41, 5.74) is 0. The van der Waals surface area contributed by atoms with Crippen molar-refractivity contribution in [3.63, 3.8) is 0 Å². The molecule has 0 spiro atoms. The first kappa shape index (κ1) is 19.9. The maximum Gasteiger partial charge on any atom is 0.191 e. The zero-order valence-corrected chi connectivity index (χ0v) is 15.8. The highest BCUT2D eigenvalue weighted by atomic mass is 127. The predicted octanol–water partition coefficient (Wildman–Crippen LogP) is 1.53. The van der Waals surface area contributed by atoms with Crippen molar-refractivity contribution in [3.8, 4) is 0 Å². The molecule has 120 valence electrons. The molecule has 1 fully saturated rings. The van der Waals surface area contributed by atoms with Crippen LogP contribution in [0.25, 0.3) is 0 Å². The van der Waals surface area contributed by atoms with Crippen LogP contribution in [0.15, 0.2) is 4.99 Å². The first-order chi connectivity index (χ1) is 9.08. The van der Waals surface area contributed by atoms with E-state index in [-0.39, 0.29) is 30.0 Å². The number of ether oxygens (including phenoxy) is 1. The molecule has 0 radical (unpaired) electrons. The first-order valence-corrected chi connectivity index (χ1v) is 7.28. The van der Waals surface area contributed by atoms with Crippen LogP contribution in [0.5, 0.6) is 0 Å². The number of likely N-dealkylation sites (N-methyl/N-ethyl adjacent to an activating group) is 1. The maximum absolute atomic E-state index is 5.14. The average molecular weight is 398 g/mol. The summed E-state index contributed by atoms with van der Waals surface area (Å²) in [5, 5.41) is 6.66. The summed E-state index contributed by atoms with van der Waals surface area (Å²) in [6.45, 7) is 6.60. The molecular formula is C14H31IN4O. The Labute approximate surface area is 140 Å². The van der Waals surface area contributed by atoms with Crippen molar-refractivity contribution >= 4 is 29.9 Å². The number of guanidine groups is 1. The van der Waals surface area contributed by atoms with Crippen LogP contribution in [0.2, 0.25) is 0 Å². The highest BCUT2D eigenvalue weighted by molar-refractivity contribution is 14.0. The molecule has 1 aliphatic rings. The Morgan fingerprint density at radius 3 is 2.50 bits per heavy atom. The number of hydrogen-bond donors (Lipinski definition) is 2. The van der Waals surface area contributed by atoms with Crippen LogP contribution >= 0.6 is 24.0 Å². The maximum atomic E-state index is 5.14. The van der Waals surface area contributed by atoms with Crippen LogP contribution in [0.3, 0.4) is 0 Å². The van der Waals surface area contributed by atoms with Gasteiger partial charge in [0.25, 0.3) is 0 Å². The van der Waals surface area contributed by atoms with E-state index in [9.17, 15) is 0 Å². The van der Waals surface area contributed by atoms with Gasteiger partial charge in [0.15, 0.2) is 5.96 Å². The summed E-state index contributed by atoms with van der Waals surface area (Å²) in [6.07, 6.45) is 2.70. The second kappa shape index (κ2) is 10.6. The zero-order valence-electron chi connectivity index (χ0n) is 13.5. The number of aliphatic imine (C=N–C) groups is 1. The number of hydrogen-bond acceptors (Lipinski definition) is 3. The third-order valence-electron chi connectivity index (χ3n) is 3.41. The van der Waals surface area contributed by atoms with Crippen LogP contribution in [-0.2, 0) is 4.74 Å². The second-order valence-electron chi connectivity index (χ2n) is 5.59. The van der Waals surface area contributed by atoms with E-state index in [4.69, 9.17) is 9.73 Å². The van der Waals surface area contributed by atoms with Crippen LogP contribution in [0, 0.1) is 5.92 Å². The molecule has 0 bridgehead atoms. The number of methoxy groups -OCH3 is 1. The summed E-state index contributed by atoms with van der Waals surface area (Å²) >= 11 is 0. The van der Waals surface area contributed by atoms with E-state index in [1.807, 2.05) is 0 Å². The van der Waals surface area contributed by atoms with Crippen molar-refractivity contribution in [2.24, 2.45) is 10.9 Å². The van der Waals surface area contributed by atoms with E-state index in [1.54, 1.807) is 7.11 Å². The molecule has 2 atom stereocenters. The number of nitrogens with zero attached hydrogens (tertiary/aromatic N) is 2. The highest BCUT2D eigenvalue weighted by Gasteiger charge is 2.32. The summed E-state index contributed by atoms with van der Waals surface area (Å²) in [4.78, 5) is 7.01. The Bertz CT molecular complexity index is 280. The Kier molecular flexibility index (Phi) is 10.6. The summed E-state index contributed by atoms with van der Waals surface area (Å²) in [6, 6.07) is 0.828. The molecule has 1 aliphatic carbocycles. The molecule has 0 saturated heterocycles. The molecule has 1 rings (SSSR count). The van der Waals surface area contributed by atoms with Gasteiger partial charge in [-0.25, -0.2) is 0 Å². The number of halogens is 1. The van der Waals surface area contributed by atoms with Crippen LogP contribution in [0.4, 0.5) is 0 Å². The van der Waals surface area contributed by atoms with Crippen molar-refractivity contribution in [1.29, 1.82) is 0 Å². The average Bonchev–Trinajstić information content (AvgIpc) is 3.13. The molecule has 0 aromatic heterocycles. The standard InChI is InChI=1S/C14H30N4O.HI/c1-6-15-14(17-11(2)10-19-5)16-9-13(18(3)4)12-7-8-12;/h11-13H,6-10H2,1-5H3,(H2,15,16,17);1H. The Hall–Kier alpha value is -0.0800. The predicted molar refractivity (Wildman–Crippen MR) is 96.1 cm³/mol. The smallest absolute Gasteiger partial charge is 0.191 e. The molecule has 2 N–H and O–H groups in total. The highest BCUT2D eigenvalue weighted by Crippen LogP contribution is 2.34. The van der Waals surface area contributed by atoms with E-state index in [0.29, 0.717) is 12.6 Å². The van der Waals surface area contributed by atoms with Crippen molar-refractivity contribution in [2.75, 3.05) is 40.9 Å². The lowest BCUT2D eigenvalue weighted by Crippen LogP contribution is -2.45. The fraction of sp³-hybridized carbons (Fsp3) is 0.929. The van der Waals surface area contributed by atoms with E-state index >= 15 is 0 Å². The van der Waals surface area contributed by atoms with E-state index in [2.05, 4.69) is 43.5 Å². The van der Waals surface area contributed by atoms with Gasteiger partial charge >= 0.3 is 0 Å². The fourth-order valence-corrected chi connectivity index (χ4v) is 2.24. The van der Waals surface area contributed by atoms with Crippen LogP contribution in [-0.4, -0.2) is 63.8 Å². The van der Waals surface area contributed by atoms with Gasteiger partial charge < -0.3 is 20.3 Å². The molecule has 0 heterocycles. The molecule has 0 aromatic carbocycles. The monoisotopic (exact) mass is 398 g/mol. The summed E-state index contributed by atoms with van der Waals surface area (Å²) in [7, 11) is 6.01. The first-order valence-electron chi connectivity index (χ1n) is 7.28. The second-order valence-corrected chi connectivity index (χ2v) is 5.59. The Balaban J connectivity index is 0.00000361. The van der Waals surface area contributed by atoms with Crippen molar-refractivity contribution < 1.29 is 4.74 Å². The lowest BCUT2D eigenvalue weighted by atomic mass is 10.2.